The smallest absolute Gasteiger partial charge is 0.219 e. The number of aliphatic hydroxyl groups excluding tert-OH is 1. The first kappa shape index (κ1) is 15.1. The predicted octanol–water partition coefficient (Wildman–Crippen LogP) is 2.73. The largest absolute Gasteiger partial charge is 0.497 e. The minimum absolute atomic E-state index is 0.296. The van der Waals surface area contributed by atoms with Gasteiger partial charge in [0.05, 0.1) is 25.9 Å². The quantitative estimate of drug-likeness (QED) is 0.886. The Bertz CT molecular complexity index is 599. The van der Waals surface area contributed by atoms with Crippen molar-refractivity contribution in [3.63, 3.8) is 0 Å². The fourth-order valence-corrected chi connectivity index (χ4v) is 1.99. The molecule has 0 fully saturated rings. The first-order valence-corrected chi connectivity index (χ1v) is 6.62. The van der Waals surface area contributed by atoms with Crippen LogP contribution in [0.4, 0.5) is 0 Å². The third kappa shape index (κ3) is 3.64. The number of nitrogens with zero attached hydrogens (tertiary/aromatic N) is 1. The Morgan fingerprint density at radius 2 is 2.00 bits per heavy atom. The Morgan fingerprint density at radius 3 is 2.67 bits per heavy atom. The van der Waals surface area contributed by atoms with Gasteiger partial charge >= 0.3 is 0 Å². The van der Waals surface area contributed by atoms with E-state index in [1.54, 1.807) is 45.5 Å². The van der Waals surface area contributed by atoms with Gasteiger partial charge in [0.25, 0.3) is 0 Å². The van der Waals surface area contributed by atoms with E-state index in [9.17, 15) is 5.11 Å². The highest BCUT2D eigenvalue weighted by atomic mass is 16.5. The van der Waals surface area contributed by atoms with Gasteiger partial charge in [-0.25, -0.2) is 4.98 Å². The van der Waals surface area contributed by atoms with Crippen molar-refractivity contribution in [1.29, 1.82) is 0 Å². The number of aromatic nitrogens is 1. The van der Waals surface area contributed by atoms with E-state index >= 15 is 0 Å². The van der Waals surface area contributed by atoms with Gasteiger partial charge in [-0.15, -0.1) is 0 Å². The van der Waals surface area contributed by atoms with E-state index in [4.69, 9.17) is 14.2 Å². The first-order valence-electron chi connectivity index (χ1n) is 6.62. The Labute approximate surface area is 124 Å². The lowest BCUT2D eigenvalue weighted by atomic mass is 10.1. The summed E-state index contributed by atoms with van der Waals surface area (Å²) in [6, 6.07) is 9.04. The van der Waals surface area contributed by atoms with Crippen molar-refractivity contribution in [3.05, 3.63) is 47.7 Å². The molecule has 5 heteroatoms. The number of pyridine rings is 1. The molecule has 0 aliphatic heterocycles. The van der Waals surface area contributed by atoms with Crippen molar-refractivity contribution in [2.24, 2.45) is 0 Å². The van der Waals surface area contributed by atoms with Gasteiger partial charge in [0.15, 0.2) is 0 Å². The van der Waals surface area contributed by atoms with Gasteiger partial charge in [0, 0.05) is 17.8 Å². The van der Waals surface area contributed by atoms with Gasteiger partial charge in [-0.1, -0.05) is 0 Å². The molecule has 1 atom stereocenters. The average molecular weight is 289 g/mol. The Kier molecular flexibility index (Phi) is 5.00. The maximum absolute atomic E-state index is 9.81. The summed E-state index contributed by atoms with van der Waals surface area (Å²) in [6.45, 7) is 1.99. The van der Waals surface area contributed by atoms with Gasteiger partial charge in [0.2, 0.25) is 5.88 Å². The molecule has 1 N–H and O–H groups in total. The van der Waals surface area contributed by atoms with Crippen molar-refractivity contribution in [2.45, 2.75) is 19.6 Å². The van der Waals surface area contributed by atoms with Gasteiger partial charge in [-0.2, -0.15) is 0 Å². The lowest BCUT2D eigenvalue weighted by Gasteiger charge is -2.15. The van der Waals surface area contributed by atoms with Crippen LogP contribution >= 0.6 is 0 Å². The van der Waals surface area contributed by atoms with Gasteiger partial charge < -0.3 is 19.3 Å². The van der Waals surface area contributed by atoms with Crippen LogP contribution in [-0.4, -0.2) is 24.3 Å². The fraction of sp³-hybridized carbons (Fsp3) is 0.312. The molecule has 1 aromatic carbocycles. The summed E-state index contributed by atoms with van der Waals surface area (Å²) >= 11 is 0. The van der Waals surface area contributed by atoms with Crippen LogP contribution in [0, 0.1) is 0 Å². The summed E-state index contributed by atoms with van der Waals surface area (Å²) in [6.07, 6.45) is 1.04. The van der Waals surface area contributed by atoms with Gasteiger partial charge in [-0.05, 0) is 31.2 Å². The van der Waals surface area contributed by atoms with E-state index in [0.717, 1.165) is 5.56 Å². The van der Waals surface area contributed by atoms with E-state index in [0.29, 0.717) is 29.5 Å². The number of methoxy groups -OCH3 is 2. The predicted molar refractivity (Wildman–Crippen MR) is 78.7 cm³/mol. The summed E-state index contributed by atoms with van der Waals surface area (Å²) in [5.74, 6) is 1.78. The number of hydrogen-bond donors (Lipinski definition) is 1. The molecule has 5 nitrogen and oxygen atoms in total. The molecule has 21 heavy (non-hydrogen) atoms. The summed E-state index contributed by atoms with van der Waals surface area (Å²) in [5.41, 5.74) is 1.54. The molecule has 0 spiro atoms. The second-order valence-corrected chi connectivity index (χ2v) is 4.54. The van der Waals surface area contributed by atoms with E-state index in [1.807, 2.05) is 12.1 Å². The zero-order valence-corrected chi connectivity index (χ0v) is 12.4. The summed E-state index contributed by atoms with van der Waals surface area (Å²) in [7, 11) is 3.16. The van der Waals surface area contributed by atoms with E-state index in [1.165, 1.54) is 0 Å². The third-order valence-electron chi connectivity index (χ3n) is 3.10. The molecule has 0 aliphatic carbocycles. The van der Waals surface area contributed by atoms with Gasteiger partial charge in [-0.3, -0.25) is 0 Å². The topological polar surface area (TPSA) is 60.8 Å². The maximum Gasteiger partial charge on any atom is 0.219 e. The van der Waals surface area contributed by atoms with Crippen LogP contribution in [-0.2, 0) is 6.61 Å². The van der Waals surface area contributed by atoms with Crippen molar-refractivity contribution >= 4 is 0 Å². The molecule has 1 heterocycles. The minimum Gasteiger partial charge on any atom is -0.497 e. The van der Waals surface area contributed by atoms with Crippen LogP contribution in [0.1, 0.15) is 24.2 Å². The molecular weight excluding hydrogens is 270 g/mol. The zero-order chi connectivity index (χ0) is 15.2. The Hall–Kier alpha value is -2.27. The van der Waals surface area contributed by atoms with Crippen LogP contribution in [0.2, 0.25) is 0 Å². The standard InChI is InChI=1S/C16H19NO4/c1-11(18)14-7-6-13(19-2)9-15(14)21-10-12-5-4-8-17-16(12)20-3/h4-9,11,18H,10H2,1-3H3/t11-/m1/s1. The lowest BCUT2D eigenvalue weighted by Crippen LogP contribution is -2.03. The molecule has 2 rings (SSSR count). The zero-order valence-electron chi connectivity index (χ0n) is 12.4. The maximum atomic E-state index is 9.81. The molecule has 0 unspecified atom stereocenters. The SMILES string of the molecule is COc1ccc([C@@H](C)O)c(OCc2cccnc2OC)c1. The fourth-order valence-electron chi connectivity index (χ4n) is 1.99. The number of rotatable bonds is 6. The Balaban J connectivity index is 2.22. The first-order chi connectivity index (χ1) is 10.2. The number of hydrogen-bond acceptors (Lipinski definition) is 5. The summed E-state index contributed by atoms with van der Waals surface area (Å²) in [5, 5.41) is 9.81. The van der Waals surface area contributed by atoms with Crippen LogP contribution in [0.25, 0.3) is 0 Å². The molecule has 0 amide bonds. The average Bonchev–Trinajstić information content (AvgIpc) is 2.52. The molecule has 0 saturated carbocycles. The van der Waals surface area contributed by atoms with Crippen LogP contribution in [0.15, 0.2) is 36.5 Å². The van der Waals surface area contributed by atoms with Gasteiger partial charge in [0.1, 0.15) is 18.1 Å². The van der Waals surface area contributed by atoms with Crippen molar-refractivity contribution in [3.8, 4) is 17.4 Å². The minimum atomic E-state index is -0.623. The number of benzene rings is 1. The number of ether oxygens (including phenoxy) is 3. The molecule has 0 aliphatic rings. The van der Waals surface area contributed by atoms with E-state index in [-0.39, 0.29) is 0 Å². The molecular formula is C16H19NO4. The second kappa shape index (κ2) is 6.95. The van der Waals surface area contributed by atoms with Crippen molar-refractivity contribution in [1.82, 2.24) is 4.98 Å². The molecule has 1 aromatic heterocycles. The van der Waals surface area contributed by atoms with Crippen LogP contribution in [0.3, 0.4) is 0 Å². The molecule has 2 aromatic rings. The third-order valence-corrected chi connectivity index (χ3v) is 3.10. The van der Waals surface area contributed by atoms with E-state index < -0.39 is 6.10 Å². The highest BCUT2D eigenvalue weighted by Gasteiger charge is 2.12. The molecule has 0 saturated heterocycles. The summed E-state index contributed by atoms with van der Waals surface area (Å²) < 4.78 is 16.2. The number of aliphatic hydroxyl groups is 1. The highest BCUT2D eigenvalue weighted by molar-refractivity contribution is 5.42. The van der Waals surface area contributed by atoms with Crippen LogP contribution in [0.5, 0.6) is 17.4 Å². The Morgan fingerprint density at radius 1 is 1.19 bits per heavy atom. The van der Waals surface area contributed by atoms with Crippen LogP contribution < -0.4 is 14.2 Å². The van der Waals surface area contributed by atoms with Crippen molar-refractivity contribution < 1.29 is 19.3 Å². The lowest BCUT2D eigenvalue weighted by molar-refractivity contribution is 0.189. The normalized spacial score (nSPS) is 11.8. The van der Waals surface area contributed by atoms with Crippen molar-refractivity contribution in [2.75, 3.05) is 14.2 Å². The molecule has 0 bridgehead atoms. The monoisotopic (exact) mass is 289 g/mol. The van der Waals surface area contributed by atoms with E-state index in [2.05, 4.69) is 4.98 Å². The highest BCUT2D eigenvalue weighted by Crippen LogP contribution is 2.30. The molecule has 0 radical (unpaired) electrons. The summed E-state index contributed by atoms with van der Waals surface area (Å²) in [4.78, 5) is 4.12. The second-order valence-electron chi connectivity index (χ2n) is 4.54. The molecule has 112 valence electrons.